The quantitative estimate of drug-likeness (QED) is 0.850. The van der Waals surface area contributed by atoms with Crippen molar-refractivity contribution < 1.29 is 0 Å². The first kappa shape index (κ1) is 9.70. The first-order valence-corrected chi connectivity index (χ1v) is 6.55. The normalized spacial score (nSPS) is 25.6. The van der Waals surface area contributed by atoms with Crippen molar-refractivity contribution in [1.29, 1.82) is 0 Å². The maximum absolute atomic E-state index is 4.73. The molecule has 1 saturated carbocycles. The lowest BCUT2D eigenvalue weighted by Gasteiger charge is -2.23. The highest BCUT2D eigenvalue weighted by Crippen LogP contribution is 2.42. The fraction of sp³-hybridized carbons (Fsp3) is 0.727. The van der Waals surface area contributed by atoms with E-state index in [1.165, 1.54) is 35.2 Å². The second-order valence-corrected chi connectivity index (χ2v) is 5.64. The van der Waals surface area contributed by atoms with Crippen molar-refractivity contribution in [1.82, 2.24) is 9.78 Å². The van der Waals surface area contributed by atoms with Crippen LogP contribution in [0.15, 0.2) is 4.47 Å². The molecule has 1 atom stereocenters. The number of rotatable bonds is 1. The van der Waals surface area contributed by atoms with E-state index in [1.54, 1.807) is 0 Å². The smallest absolute Gasteiger partial charge is 0.139 e. The van der Waals surface area contributed by atoms with Crippen LogP contribution >= 0.6 is 15.9 Å². The molecule has 15 heavy (non-hydrogen) atoms. The molecule has 2 heterocycles. The summed E-state index contributed by atoms with van der Waals surface area (Å²) >= 11 is 3.69. The summed E-state index contributed by atoms with van der Waals surface area (Å²) in [5.74, 6) is 2.57. The number of halogens is 1. The highest BCUT2D eigenvalue weighted by atomic mass is 79.9. The Bertz CT molecular complexity index is 381. The number of nitrogens with one attached hydrogen (secondary N) is 1. The average molecular weight is 270 g/mol. The lowest BCUT2D eigenvalue weighted by Crippen LogP contribution is -2.25. The molecular weight excluding hydrogens is 254 g/mol. The number of nitrogens with zero attached hydrogens (tertiary/aromatic N) is 2. The van der Waals surface area contributed by atoms with E-state index in [9.17, 15) is 0 Å². The third kappa shape index (κ3) is 1.50. The van der Waals surface area contributed by atoms with Gasteiger partial charge in [0.25, 0.3) is 0 Å². The van der Waals surface area contributed by atoms with Crippen molar-refractivity contribution >= 4 is 21.7 Å². The van der Waals surface area contributed by atoms with Crippen molar-refractivity contribution in [3.63, 3.8) is 0 Å². The summed E-state index contributed by atoms with van der Waals surface area (Å²) in [5, 5.41) is 8.19. The second-order valence-electron chi connectivity index (χ2n) is 4.84. The van der Waals surface area contributed by atoms with Crippen LogP contribution in [0.1, 0.15) is 37.8 Å². The molecule has 0 aromatic carbocycles. The molecule has 4 heteroatoms. The van der Waals surface area contributed by atoms with E-state index in [2.05, 4.69) is 32.9 Å². The third-order valence-electron chi connectivity index (χ3n) is 3.51. The van der Waals surface area contributed by atoms with Gasteiger partial charge in [0, 0.05) is 19.0 Å². The molecule has 0 saturated heterocycles. The Morgan fingerprint density at radius 3 is 2.93 bits per heavy atom. The van der Waals surface area contributed by atoms with Crippen molar-refractivity contribution in [3.05, 3.63) is 10.2 Å². The molecule has 0 amide bonds. The van der Waals surface area contributed by atoms with Gasteiger partial charge in [-0.05, 0) is 34.7 Å². The van der Waals surface area contributed by atoms with Gasteiger partial charge in [-0.15, -0.1) is 0 Å². The SMILES string of the molecule is CC1CNc2c(Br)c(C3CCC3)nn2C1. The Balaban J connectivity index is 1.96. The zero-order chi connectivity index (χ0) is 10.4. The highest BCUT2D eigenvalue weighted by molar-refractivity contribution is 9.10. The van der Waals surface area contributed by atoms with Gasteiger partial charge >= 0.3 is 0 Å². The first-order chi connectivity index (χ1) is 7.25. The molecular formula is C11H16BrN3. The number of fused-ring (bicyclic) bond motifs is 1. The minimum Gasteiger partial charge on any atom is -0.369 e. The summed E-state index contributed by atoms with van der Waals surface area (Å²) < 4.78 is 3.34. The predicted molar refractivity (Wildman–Crippen MR) is 64.2 cm³/mol. The van der Waals surface area contributed by atoms with Gasteiger partial charge in [0.2, 0.25) is 0 Å². The summed E-state index contributed by atoms with van der Waals surface area (Å²) in [6.45, 7) is 4.37. The van der Waals surface area contributed by atoms with Gasteiger partial charge in [-0.2, -0.15) is 5.10 Å². The van der Waals surface area contributed by atoms with E-state index in [0.29, 0.717) is 11.8 Å². The van der Waals surface area contributed by atoms with Gasteiger partial charge in [-0.25, -0.2) is 4.68 Å². The number of aromatic nitrogens is 2. The van der Waals surface area contributed by atoms with E-state index in [1.807, 2.05) is 0 Å². The molecule has 1 aromatic heterocycles. The van der Waals surface area contributed by atoms with Crippen LogP contribution in [-0.4, -0.2) is 16.3 Å². The Morgan fingerprint density at radius 2 is 2.27 bits per heavy atom. The van der Waals surface area contributed by atoms with Crippen LogP contribution in [0.25, 0.3) is 0 Å². The molecule has 0 radical (unpaired) electrons. The van der Waals surface area contributed by atoms with E-state index in [4.69, 9.17) is 5.10 Å². The average Bonchev–Trinajstić information content (AvgIpc) is 2.41. The third-order valence-corrected chi connectivity index (χ3v) is 4.30. The van der Waals surface area contributed by atoms with Crippen LogP contribution in [-0.2, 0) is 6.54 Å². The maximum Gasteiger partial charge on any atom is 0.139 e. The topological polar surface area (TPSA) is 29.9 Å². The second kappa shape index (κ2) is 3.51. The number of anilines is 1. The van der Waals surface area contributed by atoms with Crippen molar-refractivity contribution in [2.24, 2.45) is 5.92 Å². The molecule has 3 nitrogen and oxygen atoms in total. The summed E-state index contributed by atoms with van der Waals surface area (Å²) in [6.07, 6.45) is 3.98. The van der Waals surface area contributed by atoms with Crippen LogP contribution in [0, 0.1) is 5.92 Å². The minimum absolute atomic E-state index is 0.679. The molecule has 1 aliphatic heterocycles. The summed E-state index contributed by atoms with van der Waals surface area (Å²) in [4.78, 5) is 0. The Kier molecular flexibility index (Phi) is 2.27. The highest BCUT2D eigenvalue weighted by Gasteiger charge is 2.29. The Hall–Kier alpha value is -0.510. The van der Waals surface area contributed by atoms with Gasteiger partial charge in [0.15, 0.2) is 0 Å². The zero-order valence-electron chi connectivity index (χ0n) is 8.96. The van der Waals surface area contributed by atoms with Crippen molar-refractivity contribution in [3.8, 4) is 0 Å². The van der Waals surface area contributed by atoms with Crippen LogP contribution in [0.5, 0.6) is 0 Å². The summed E-state index contributed by atoms with van der Waals surface area (Å²) in [5.41, 5.74) is 1.28. The molecule has 1 aliphatic carbocycles. The minimum atomic E-state index is 0.679. The standard InChI is InChI=1S/C11H16BrN3/c1-7-5-13-11-9(12)10(8-3-2-4-8)14-15(11)6-7/h7-8,13H,2-6H2,1H3. The molecule has 82 valence electrons. The molecule has 1 fully saturated rings. The molecule has 3 rings (SSSR count). The molecule has 1 aromatic rings. The fourth-order valence-electron chi connectivity index (χ4n) is 2.33. The molecule has 0 spiro atoms. The van der Waals surface area contributed by atoms with Crippen LogP contribution in [0.2, 0.25) is 0 Å². The van der Waals surface area contributed by atoms with Crippen molar-refractivity contribution in [2.75, 3.05) is 11.9 Å². The molecule has 1 N–H and O–H groups in total. The lowest BCUT2D eigenvalue weighted by molar-refractivity contribution is 0.395. The molecule has 1 unspecified atom stereocenters. The van der Waals surface area contributed by atoms with E-state index in [-0.39, 0.29) is 0 Å². The van der Waals surface area contributed by atoms with Gasteiger partial charge in [0.05, 0.1) is 10.2 Å². The monoisotopic (exact) mass is 269 g/mol. The van der Waals surface area contributed by atoms with Crippen LogP contribution in [0.3, 0.4) is 0 Å². The largest absolute Gasteiger partial charge is 0.369 e. The van der Waals surface area contributed by atoms with Crippen LogP contribution < -0.4 is 5.32 Å². The summed E-state index contributed by atoms with van der Waals surface area (Å²) in [7, 11) is 0. The van der Waals surface area contributed by atoms with Gasteiger partial charge in [0.1, 0.15) is 5.82 Å². The van der Waals surface area contributed by atoms with Gasteiger partial charge in [-0.3, -0.25) is 0 Å². The Morgan fingerprint density at radius 1 is 1.47 bits per heavy atom. The lowest BCUT2D eigenvalue weighted by atomic mass is 9.83. The Labute approximate surface area is 98.4 Å². The zero-order valence-corrected chi connectivity index (χ0v) is 10.5. The molecule has 0 bridgehead atoms. The predicted octanol–water partition coefficient (Wildman–Crippen LogP) is 2.97. The molecule has 2 aliphatic rings. The van der Waals surface area contributed by atoms with E-state index in [0.717, 1.165) is 13.1 Å². The summed E-state index contributed by atoms with van der Waals surface area (Å²) in [6, 6.07) is 0. The van der Waals surface area contributed by atoms with Gasteiger partial charge in [-0.1, -0.05) is 13.3 Å². The maximum atomic E-state index is 4.73. The van der Waals surface area contributed by atoms with E-state index < -0.39 is 0 Å². The number of hydrogen-bond acceptors (Lipinski definition) is 2. The fourth-order valence-corrected chi connectivity index (χ4v) is 3.08. The number of hydrogen-bond donors (Lipinski definition) is 1. The van der Waals surface area contributed by atoms with E-state index >= 15 is 0 Å². The van der Waals surface area contributed by atoms with Crippen molar-refractivity contribution in [2.45, 2.75) is 38.6 Å². The first-order valence-electron chi connectivity index (χ1n) is 5.75. The van der Waals surface area contributed by atoms with Crippen LogP contribution in [0.4, 0.5) is 5.82 Å². The van der Waals surface area contributed by atoms with Gasteiger partial charge < -0.3 is 5.32 Å².